The van der Waals surface area contributed by atoms with Crippen LogP contribution in [-0.4, -0.2) is 38.3 Å². The molecule has 1 amide bonds. The number of carboxylic acids is 1. The van der Waals surface area contributed by atoms with Crippen LogP contribution in [0.4, 0.5) is 5.69 Å². The van der Waals surface area contributed by atoms with Crippen molar-refractivity contribution in [1.82, 2.24) is 0 Å². The van der Waals surface area contributed by atoms with Crippen LogP contribution in [0, 0.1) is 11.3 Å². The molecule has 0 saturated carbocycles. The third-order valence-electron chi connectivity index (χ3n) is 3.77. The molecule has 0 spiro atoms. The molecule has 0 aliphatic carbocycles. The maximum Gasteiger partial charge on any atom is 0.335 e. The largest absolute Gasteiger partial charge is 0.496 e. The van der Waals surface area contributed by atoms with Crippen LogP contribution in [0.1, 0.15) is 15.9 Å². The molecule has 0 aliphatic rings. The van der Waals surface area contributed by atoms with Gasteiger partial charge in [-0.05, 0) is 30.3 Å². The van der Waals surface area contributed by atoms with Gasteiger partial charge in [-0.2, -0.15) is 5.26 Å². The number of carboxylic acid groups (broad SMARTS) is 1. The molecule has 0 fully saturated rings. The lowest BCUT2D eigenvalue weighted by Crippen LogP contribution is -2.14. The Morgan fingerprint density at radius 1 is 1.04 bits per heavy atom. The van der Waals surface area contributed by atoms with Crippen molar-refractivity contribution in [2.24, 2.45) is 0 Å². The van der Waals surface area contributed by atoms with Crippen LogP contribution >= 0.6 is 0 Å². The van der Waals surface area contributed by atoms with Crippen LogP contribution in [0.5, 0.6) is 17.2 Å². The zero-order valence-corrected chi connectivity index (χ0v) is 15.5. The molecule has 2 rings (SSSR count). The zero-order valence-electron chi connectivity index (χ0n) is 15.5. The van der Waals surface area contributed by atoms with Crippen LogP contribution in [0.3, 0.4) is 0 Å². The standard InChI is InChI=1S/C20H18N2O6/c1-26-16-10-18(28-3)17(27-2)9-13(16)7-14(11-21)19(23)22-15-6-4-5-12(8-15)20(24)25/h4-10H,1-3H3,(H,22,23)(H,24,25)/b14-7-. The Morgan fingerprint density at radius 2 is 1.68 bits per heavy atom. The van der Waals surface area contributed by atoms with Gasteiger partial charge >= 0.3 is 5.97 Å². The number of amides is 1. The molecular formula is C20H18N2O6. The van der Waals surface area contributed by atoms with E-state index in [0.717, 1.165) is 0 Å². The topological polar surface area (TPSA) is 118 Å². The van der Waals surface area contributed by atoms with Crippen LogP contribution in [-0.2, 0) is 4.79 Å². The normalized spacial score (nSPS) is 10.6. The molecule has 2 aromatic rings. The van der Waals surface area contributed by atoms with Crippen LogP contribution < -0.4 is 19.5 Å². The van der Waals surface area contributed by atoms with Gasteiger partial charge in [-0.1, -0.05) is 6.07 Å². The van der Waals surface area contributed by atoms with Gasteiger partial charge in [0, 0.05) is 17.3 Å². The number of nitrogens with one attached hydrogen (secondary N) is 1. The SMILES string of the molecule is COc1cc(OC)c(OC)cc1/C=C(/C#N)C(=O)Nc1cccc(C(=O)O)c1. The van der Waals surface area contributed by atoms with E-state index in [4.69, 9.17) is 19.3 Å². The molecule has 0 unspecified atom stereocenters. The lowest BCUT2D eigenvalue weighted by molar-refractivity contribution is -0.112. The number of carbonyl (C=O) groups excluding carboxylic acids is 1. The summed E-state index contributed by atoms with van der Waals surface area (Å²) in [6.07, 6.45) is 1.34. The number of methoxy groups -OCH3 is 3. The second-order valence-corrected chi connectivity index (χ2v) is 5.46. The van der Waals surface area contributed by atoms with Gasteiger partial charge in [0.05, 0.1) is 26.9 Å². The van der Waals surface area contributed by atoms with Gasteiger partial charge in [-0.25, -0.2) is 4.79 Å². The maximum atomic E-state index is 12.5. The Hall–Kier alpha value is -3.99. The number of hydrogen-bond acceptors (Lipinski definition) is 6. The summed E-state index contributed by atoms with van der Waals surface area (Å²) in [4.78, 5) is 23.5. The third-order valence-corrected chi connectivity index (χ3v) is 3.77. The van der Waals surface area contributed by atoms with Crippen molar-refractivity contribution in [3.8, 4) is 23.3 Å². The number of ether oxygens (including phenoxy) is 3. The molecule has 0 aliphatic heterocycles. The molecule has 0 saturated heterocycles. The minimum absolute atomic E-state index is 0.0156. The van der Waals surface area contributed by atoms with Crippen molar-refractivity contribution in [1.29, 1.82) is 5.26 Å². The van der Waals surface area contributed by atoms with Crippen LogP contribution in [0.2, 0.25) is 0 Å². The zero-order chi connectivity index (χ0) is 20.7. The molecule has 0 aromatic heterocycles. The fourth-order valence-corrected chi connectivity index (χ4v) is 2.40. The smallest absolute Gasteiger partial charge is 0.335 e. The Kier molecular flexibility index (Phi) is 6.60. The Labute approximate surface area is 161 Å². The summed E-state index contributed by atoms with van der Waals surface area (Å²) in [5.74, 6) is -0.596. The van der Waals surface area contributed by atoms with E-state index in [2.05, 4.69) is 5.32 Å². The number of anilines is 1. The number of nitrogens with zero attached hydrogens (tertiary/aromatic N) is 1. The van der Waals surface area contributed by atoms with Gasteiger partial charge in [-0.15, -0.1) is 0 Å². The summed E-state index contributed by atoms with van der Waals surface area (Å²) in [7, 11) is 4.39. The van der Waals surface area contributed by atoms with Crippen molar-refractivity contribution in [2.75, 3.05) is 26.6 Å². The first-order valence-electron chi connectivity index (χ1n) is 8.00. The number of nitriles is 1. The summed E-state index contributed by atoms with van der Waals surface area (Å²) in [6.45, 7) is 0. The van der Waals surface area contributed by atoms with E-state index in [9.17, 15) is 14.9 Å². The van der Waals surface area contributed by atoms with Crippen LogP contribution in [0.15, 0.2) is 42.0 Å². The number of rotatable bonds is 7. The molecule has 0 bridgehead atoms. The van der Waals surface area contributed by atoms with Gasteiger partial charge < -0.3 is 24.6 Å². The summed E-state index contributed by atoms with van der Waals surface area (Å²) in [5.41, 5.74) is 0.504. The number of benzene rings is 2. The fraction of sp³-hybridized carbons (Fsp3) is 0.150. The predicted octanol–water partition coefficient (Wildman–Crippen LogP) is 2.96. The Balaban J connectivity index is 2.38. The molecule has 0 heterocycles. The first kappa shape index (κ1) is 20.3. The summed E-state index contributed by atoms with van der Waals surface area (Å²) in [6, 6.07) is 10.7. The molecule has 2 N–H and O–H groups in total. The molecule has 0 radical (unpaired) electrons. The Bertz CT molecular complexity index is 975. The lowest BCUT2D eigenvalue weighted by Gasteiger charge is -2.12. The van der Waals surface area contributed by atoms with E-state index in [1.54, 1.807) is 12.1 Å². The average molecular weight is 382 g/mol. The molecule has 28 heavy (non-hydrogen) atoms. The maximum absolute atomic E-state index is 12.5. The predicted molar refractivity (Wildman–Crippen MR) is 102 cm³/mol. The average Bonchev–Trinajstić information content (AvgIpc) is 2.71. The third kappa shape index (κ3) is 4.59. The lowest BCUT2D eigenvalue weighted by atomic mass is 10.1. The minimum Gasteiger partial charge on any atom is -0.496 e. The highest BCUT2D eigenvalue weighted by molar-refractivity contribution is 6.10. The summed E-state index contributed by atoms with van der Waals surface area (Å²) >= 11 is 0. The summed E-state index contributed by atoms with van der Waals surface area (Å²) in [5, 5.41) is 20.9. The minimum atomic E-state index is -1.12. The van der Waals surface area contributed by atoms with E-state index < -0.39 is 11.9 Å². The van der Waals surface area contributed by atoms with E-state index in [1.807, 2.05) is 6.07 Å². The quantitative estimate of drug-likeness (QED) is 0.558. The van der Waals surface area contributed by atoms with E-state index in [-0.39, 0.29) is 16.8 Å². The fourth-order valence-electron chi connectivity index (χ4n) is 2.40. The molecule has 0 atom stereocenters. The molecule has 8 nitrogen and oxygen atoms in total. The highest BCUT2D eigenvalue weighted by Gasteiger charge is 2.15. The number of aromatic carboxylic acids is 1. The van der Waals surface area contributed by atoms with Crippen molar-refractivity contribution < 1.29 is 28.9 Å². The van der Waals surface area contributed by atoms with Gasteiger partial charge in [0.2, 0.25) is 0 Å². The second kappa shape index (κ2) is 9.09. The first-order valence-corrected chi connectivity index (χ1v) is 8.00. The van der Waals surface area contributed by atoms with E-state index >= 15 is 0 Å². The highest BCUT2D eigenvalue weighted by atomic mass is 16.5. The second-order valence-electron chi connectivity index (χ2n) is 5.46. The van der Waals surface area contributed by atoms with Crippen molar-refractivity contribution in [3.63, 3.8) is 0 Å². The highest BCUT2D eigenvalue weighted by Crippen LogP contribution is 2.35. The van der Waals surface area contributed by atoms with Gasteiger partial charge in [0.15, 0.2) is 11.5 Å². The summed E-state index contributed by atoms with van der Waals surface area (Å²) < 4.78 is 15.7. The van der Waals surface area contributed by atoms with Crippen LogP contribution in [0.25, 0.3) is 6.08 Å². The first-order chi connectivity index (χ1) is 13.4. The van der Waals surface area contributed by atoms with Crippen molar-refractivity contribution >= 4 is 23.6 Å². The van der Waals surface area contributed by atoms with E-state index in [0.29, 0.717) is 22.8 Å². The van der Waals surface area contributed by atoms with Crippen molar-refractivity contribution in [3.05, 3.63) is 53.1 Å². The number of carbonyl (C=O) groups is 2. The number of hydrogen-bond donors (Lipinski definition) is 2. The molecule has 144 valence electrons. The van der Waals surface area contributed by atoms with Gasteiger partial charge in [-0.3, -0.25) is 4.79 Å². The molecular weight excluding hydrogens is 364 g/mol. The van der Waals surface area contributed by atoms with E-state index in [1.165, 1.54) is 51.7 Å². The van der Waals surface area contributed by atoms with Gasteiger partial charge in [0.25, 0.3) is 5.91 Å². The van der Waals surface area contributed by atoms with Crippen molar-refractivity contribution in [2.45, 2.75) is 0 Å². The molecule has 2 aromatic carbocycles. The van der Waals surface area contributed by atoms with Gasteiger partial charge in [0.1, 0.15) is 17.4 Å². The monoisotopic (exact) mass is 382 g/mol. The molecule has 8 heteroatoms. The Morgan fingerprint density at radius 3 is 2.25 bits per heavy atom.